The molecule has 1 fully saturated rings. The molecule has 0 saturated carbocycles. The molecule has 0 aliphatic carbocycles. The van der Waals surface area contributed by atoms with E-state index in [9.17, 15) is 20.1 Å². The minimum atomic E-state index is -1.35. The standard InChI is InChI=1S/C10H20N2O5S/c11-1-2-12-7(14)3-5-8(15)10(17)9(16)6(4-13)18-5/h5-6,8-10,13,15-17H,1-4,11H2,(H,12,14)/t5-,6+,8+,9+,10-/m1/s1. The van der Waals surface area contributed by atoms with Crippen molar-refractivity contribution in [1.82, 2.24) is 5.32 Å². The molecule has 1 aliphatic heterocycles. The second kappa shape index (κ2) is 7.27. The summed E-state index contributed by atoms with van der Waals surface area (Å²) >= 11 is 1.11. The monoisotopic (exact) mass is 280 g/mol. The Balaban J connectivity index is 2.56. The van der Waals surface area contributed by atoms with Crippen LogP contribution in [0.5, 0.6) is 0 Å². The lowest BCUT2D eigenvalue weighted by molar-refractivity contribution is -0.122. The second-order valence-electron chi connectivity index (χ2n) is 4.21. The average Bonchev–Trinajstić information content (AvgIpc) is 2.37. The van der Waals surface area contributed by atoms with E-state index in [2.05, 4.69) is 5.32 Å². The SMILES string of the molecule is NCCNC(=O)C[C@H]1S[C@@H](CO)[C@H](O)[C@H](O)[C@H]1O. The summed E-state index contributed by atoms with van der Waals surface area (Å²) in [6.07, 6.45) is -3.74. The van der Waals surface area contributed by atoms with Crippen LogP contribution in [0, 0.1) is 0 Å². The number of carbonyl (C=O) groups excluding carboxylic acids is 1. The highest BCUT2D eigenvalue weighted by Crippen LogP contribution is 2.34. The van der Waals surface area contributed by atoms with Gasteiger partial charge in [-0.2, -0.15) is 0 Å². The summed E-state index contributed by atoms with van der Waals surface area (Å²) in [5.41, 5.74) is 5.25. The van der Waals surface area contributed by atoms with Gasteiger partial charge in [-0.05, 0) is 0 Å². The number of carbonyl (C=O) groups is 1. The van der Waals surface area contributed by atoms with Crippen LogP contribution in [-0.2, 0) is 4.79 Å². The van der Waals surface area contributed by atoms with Crippen LogP contribution in [0.3, 0.4) is 0 Å². The van der Waals surface area contributed by atoms with E-state index in [1.54, 1.807) is 0 Å². The fourth-order valence-electron chi connectivity index (χ4n) is 1.81. The fraction of sp³-hybridized carbons (Fsp3) is 0.900. The van der Waals surface area contributed by atoms with E-state index in [1.807, 2.05) is 0 Å². The first kappa shape index (κ1) is 15.7. The van der Waals surface area contributed by atoms with Gasteiger partial charge in [0.05, 0.1) is 24.1 Å². The summed E-state index contributed by atoms with van der Waals surface area (Å²) in [5.74, 6) is -0.280. The number of rotatable bonds is 5. The molecule has 5 atom stereocenters. The fourth-order valence-corrected chi connectivity index (χ4v) is 3.24. The molecule has 7 nitrogen and oxygen atoms in total. The Morgan fingerprint density at radius 1 is 1.17 bits per heavy atom. The number of hydrogen-bond donors (Lipinski definition) is 6. The molecule has 0 bridgehead atoms. The van der Waals surface area contributed by atoms with Crippen molar-refractivity contribution >= 4 is 17.7 Å². The van der Waals surface area contributed by atoms with E-state index in [0.29, 0.717) is 13.1 Å². The van der Waals surface area contributed by atoms with Crippen LogP contribution in [0.2, 0.25) is 0 Å². The van der Waals surface area contributed by atoms with Gasteiger partial charge in [0.25, 0.3) is 0 Å². The minimum Gasteiger partial charge on any atom is -0.395 e. The first-order valence-corrected chi connectivity index (χ1v) is 6.72. The molecule has 106 valence electrons. The van der Waals surface area contributed by atoms with E-state index in [-0.39, 0.29) is 18.9 Å². The van der Waals surface area contributed by atoms with Crippen molar-refractivity contribution in [3.63, 3.8) is 0 Å². The van der Waals surface area contributed by atoms with Crippen LogP contribution >= 0.6 is 11.8 Å². The molecule has 1 rings (SSSR count). The van der Waals surface area contributed by atoms with Crippen molar-refractivity contribution in [3.05, 3.63) is 0 Å². The van der Waals surface area contributed by atoms with E-state index in [4.69, 9.17) is 10.8 Å². The molecule has 18 heavy (non-hydrogen) atoms. The number of aliphatic hydroxyl groups excluding tert-OH is 4. The topological polar surface area (TPSA) is 136 Å². The highest BCUT2D eigenvalue weighted by molar-refractivity contribution is 8.00. The lowest BCUT2D eigenvalue weighted by Gasteiger charge is -2.39. The van der Waals surface area contributed by atoms with Crippen LogP contribution < -0.4 is 11.1 Å². The third kappa shape index (κ3) is 3.81. The molecule has 0 aromatic carbocycles. The lowest BCUT2D eigenvalue weighted by atomic mass is 9.99. The zero-order valence-corrected chi connectivity index (χ0v) is 10.7. The third-order valence-electron chi connectivity index (χ3n) is 2.84. The van der Waals surface area contributed by atoms with E-state index >= 15 is 0 Å². The third-order valence-corrected chi connectivity index (χ3v) is 4.42. The van der Waals surface area contributed by atoms with Crippen molar-refractivity contribution < 1.29 is 25.2 Å². The van der Waals surface area contributed by atoms with Gasteiger partial charge in [0, 0.05) is 24.8 Å². The Morgan fingerprint density at radius 2 is 1.78 bits per heavy atom. The smallest absolute Gasteiger partial charge is 0.221 e. The minimum absolute atomic E-state index is 0.00606. The second-order valence-corrected chi connectivity index (χ2v) is 5.69. The quantitative estimate of drug-likeness (QED) is 0.316. The van der Waals surface area contributed by atoms with Crippen molar-refractivity contribution in [3.8, 4) is 0 Å². The van der Waals surface area contributed by atoms with E-state index < -0.39 is 28.8 Å². The Morgan fingerprint density at radius 3 is 2.33 bits per heavy atom. The Labute approximate surface area is 109 Å². The van der Waals surface area contributed by atoms with Crippen molar-refractivity contribution in [1.29, 1.82) is 0 Å². The van der Waals surface area contributed by atoms with Crippen molar-refractivity contribution in [2.75, 3.05) is 19.7 Å². The number of hydrogen-bond acceptors (Lipinski definition) is 7. The summed E-state index contributed by atoms with van der Waals surface area (Å²) in [4.78, 5) is 11.5. The molecule has 0 aromatic heterocycles. The molecule has 8 heteroatoms. The number of nitrogens with one attached hydrogen (secondary N) is 1. The van der Waals surface area contributed by atoms with E-state index in [1.165, 1.54) is 0 Å². The van der Waals surface area contributed by atoms with Crippen molar-refractivity contribution in [2.24, 2.45) is 5.73 Å². The number of amides is 1. The predicted octanol–water partition coefficient (Wildman–Crippen LogP) is -2.99. The molecular formula is C10H20N2O5S. The van der Waals surface area contributed by atoms with Gasteiger partial charge in [-0.1, -0.05) is 0 Å². The number of nitrogens with two attached hydrogens (primary N) is 1. The van der Waals surface area contributed by atoms with Gasteiger partial charge in [0.15, 0.2) is 0 Å². The molecule has 1 heterocycles. The Hall–Kier alpha value is -0.380. The zero-order valence-electron chi connectivity index (χ0n) is 9.90. The van der Waals surface area contributed by atoms with Gasteiger partial charge in [-0.25, -0.2) is 0 Å². The van der Waals surface area contributed by atoms with Crippen LogP contribution in [-0.4, -0.2) is 74.8 Å². The summed E-state index contributed by atoms with van der Waals surface area (Å²) in [7, 11) is 0. The Kier molecular flexibility index (Phi) is 6.33. The maximum absolute atomic E-state index is 11.5. The predicted molar refractivity (Wildman–Crippen MR) is 67.0 cm³/mol. The first-order chi connectivity index (χ1) is 8.51. The normalized spacial score (nSPS) is 36.4. The zero-order chi connectivity index (χ0) is 13.7. The van der Waals surface area contributed by atoms with Gasteiger partial charge in [-0.3, -0.25) is 4.79 Å². The summed E-state index contributed by atoms with van der Waals surface area (Å²) in [5, 5.41) is 39.5. The van der Waals surface area contributed by atoms with Crippen molar-refractivity contribution in [2.45, 2.75) is 35.2 Å². The molecule has 0 aromatic rings. The van der Waals surface area contributed by atoms with Gasteiger partial charge in [0.2, 0.25) is 5.91 Å². The van der Waals surface area contributed by atoms with Crippen LogP contribution in [0.4, 0.5) is 0 Å². The number of aliphatic hydroxyl groups is 4. The molecule has 1 amide bonds. The molecule has 0 radical (unpaired) electrons. The maximum Gasteiger partial charge on any atom is 0.221 e. The summed E-state index contributed by atoms with van der Waals surface area (Å²) in [6.45, 7) is 0.351. The van der Waals surface area contributed by atoms with Gasteiger partial charge >= 0.3 is 0 Å². The molecule has 0 unspecified atom stereocenters. The van der Waals surface area contributed by atoms with Crippen LogP contribution in [0.25, 0.3) is 0 Å². The largest absolute Gasteiger partial charge is 0.395 e. The average molecular weight is 280 g/mol. The molecule has 1 saturated heterocycles. The molecule has 0 spiro atoms. The van der Waals surface area contributed by atoms with Gasteiger partial charge in [0.1, 0.15) is 6.10 Å². The molecule has 1 aliphatic rings. The molecule has 7 N–H and O–H groups in total. The first-order valence-electron chi connectivity index (χ1n) is 5.78. The Bertz CT molecular complexity index is 279. The highest BCUT2D eigenvalue weighted by atomic mass is 32.2. The lowest BCUT2D eigenvalue weighted by Crippen LogP contribution is -2.54. The summed E-state index contributed by atoms with van der Waals surface area (Å²) < 4.78 is 0. The van der Waals surface area contributed by atoms with Crippen LogP contribution in [0.1, 0.15) is 6.42 Å². The molecular weight excluding hydrogens is 260 g/mol. The van der Waals surface area contributed by atoms with Gasteiger partial charge < -0.3 is 31.5 Å². The number of thioether (sulfide) groups is 1. The highest BCUT2D eigenvalue weighted by Gasteiger charge is 2.43. The maximum atomic E-state index is 11.5. The van der Waals surface area contributed by atoms with Gasteiger partial charge in [-0.15, -0.1) is 11.8 Å². The summed E-state index contributed by atoms with van der Waals surface area (Å²) in [6, 6.07) is 0. The van der Waals surface area contributed by atoms with Crippen LogP contribution in [0.15, 0.2) is 0 Å². The van der Waals surface area contributed by atoms with E-state index in [0.717, 1.165) is 11.8 Å².